The first kappa shape index (κ1) is 21.1. The number of anilines is 1. The Bertz CT molecular complexity index is 1070. The smallest absolute Gasteiger partial charge is 0.284 e. The Labute approximate surface area is 176 Å². The molecular weight excluding hydrogens is 406 g/mol. The van der Waals surface area contributed by atoms with Gasteiger partial charge in [0.1, 0.15) is 0 Å². The minimum atomic E-state index is -3.90. The molecule has 1 fully saturated rings. The lowest BCUT2D eigenvalue weighted by molar-refractivity contribution is -0.122. The molecule has 0 bridgehead atoms. The largest absolute Gasteiger partial charge is 0.378 e. The van der Waals surface area contributed by atoms with Crippen LogP contribution in [0.15, 0.2) is 62.7 Å². The predicted molar refractivity (Wildman–Crippen MR) is 120 cm³/mol. The van der Waals surface area contributed by atoms with E-state index in [-0.39, 0.29) is 16.0 Å². The topological polar surface area (TPSA) is 70.1 Å². The van der Waals surface area contributed by atoms with Gasteiger partial charge in [-0.1, -0.05) is 29.8 Å². The second-order valence-corrected chi connectivity index (χ2v) is 9.42. The van der Waals surface area contributed by atoms with E-state index in [0.29, 0.717) is 11.4 Å². The maximum absolute atomic E-state index is 12.7. The fourth-order valence-corrected chi connectivity index (χ4v) is 4.99. The number of likely N-dealkylation sites (N-methyl/N-ethyl adjacent to an activating group) is 1. The summed E-state index contributed by atoms with van der Waals surface area (Å²) in [6.45, 7) is 4.01. The van der Waals surface area contributed by atoms with Gasteiger partial charge in [-0.25, -0.2) is 0 Å². The fourth-order valence-electron chi connectivity index (χ4n) is 2.74. The Balaban J connectivity index is 1.92. The number of aryl methyl sites for hydroxylation is 1. The van der Waals surface area contributed by atoms with Crippen LogP contribution < -0.4 is 4.90 Å². The van der Waals surface area contributed by atoms with E-state index in [9.17, 15) is 13.2 Å². The summed E-state index contributed by atoms with van der Waals surface area (Å²) < 4.78 is 29.3. The number of hydrogen-bond donors (Lipinski definition) is 0. The number of hydrogen-bond acceptors (Lipinski definition) is 5. The van der Waals surface area contributed by atoms with Gasteiger partial charge in [-0.15, -0.1) is 4.40 Å². The Morgan fingerprint density at radius 3 is 2.24 bits per heavy atom. The summed E-state index contributed by atoms with van der Waals surface area (Å²) in [4.78, 5) is 16.7. The zero-order valence-electron chi connectivity index (χ0n) is 16.8. The summed E-state index contributed by atoms with van der Waals surface area (Å²) in [7, 11) is 0.0192. The summed E-state index contributed by atoms with van der Waals surface area (Å²) >= 11 is 1.08. The molecule has 1 aliphatic heterocycles. The number of carbonyl (C=O) groups is 1. The Morgan fingerprint density at radius 2 is 1.69 bits per heavy atom. The van der Waals surface area contributed by atoms with Crippen LogP contribution in [0.25, 0.3) is 6.08 Å². The number of amides is 1. The molecule has 1 saturated heterocycles. The van der Waals surface area contributed by atoms with E-state index in [2.05, 4.69) is 4.40 Å². The van der Waals surface area contributed by atoms with Crippen LogP contribution in [0.5, 0.6) is 0 Å². The molecule has 0 saturated carbocycles. The normalized spacial score (nSPS) is 17.4. The van der Waals surface area contributed by atoms with Crippen molar-refractivity contribution in [1.82, 2.24) is 4.90 Å². The molecule has 1 amide bonds. The summed E-state index contributed by atoms with van der Waals surface area (Å²) in [5, 5.41) is 0.175. The highest BCUT2D eigenvalue weighted by Crippen LogP contribution is 2.33. The number of thioether (sulfide) groups is 1. The lowest BCUT2D eigenvalue weighted by Gasteiger charge is -2.12. The zero-order valence-corrected chi connectivity index (χ0v) is 18.4. The molecule has 6 nitrogen and oxygen atoms in total. The number of nitrogens with zero attached hydrogens (tertiary/aromatic N) is 3. The highest BCUT2D eigenvalue weighted by molar-refractivity contribution is 8.19. The van der Waals surface area contributed by atoms with Gasteiger partial charge in [0.05, 0.1) is 9.80 Å². The highest BCUT2D eigenvalue weighted by atomic mass is 32.2. The number of rotatable bonds is 5. The number of carbonyl (C=O) groups excluding carboxylic acids is 1. The average molecular weight is 430 g/mol. The molecule has 0 radical (unpaired) electrons. The van der Waals surface area contributed by atoms with Crippen molar-refractivity contribution in [2.45, 2.75) is 18.7 Å². The molecule has 8 heteroatoms. The lowest BCUT2D eigenvalue weighted by Crippen LogP contribution is -2.29. The number of sulfonamides is 1. The highest BCUT2D eigenvalue weighted by Gasteiger charge is 2.34. The Morgan fingerprint density at radius 1 is 1.07 bits per heavy atom. The van der Waals surface area contributed by atoms with Crippen molar-refractivity contribution in [2.75, 3.05) is 25.5 Å². The molecule has 0 spiro atoms. The molecule has 0 aromatic heterocycles. The van der Waals surface area contributed by atoms with Crippen LogP contribution in [0.2, 0.25) is 0 Å². The van der Waals surface area contributed by atoms with Crippen LogP contribution >= 0.6 is 11.8 Å². The van der Waals surface area contributed by atoms with Gasteiger partial charge in [0.15, 0.2) is 5.17 Å². The van der Waals surface area contributed by atoms with Gasteiger partial charge in [0.2, 0.25) is 0 Å². The van der Waals surface area contributed by atoms with Crippen molar-refractivity contribution in [2.24, 2.45) is 4.40 Å². The molecule has 1 heterocycles. The second-order valence-electron chi connectivity index (χ2n) is 6.81. The Kier molecular flexibility index (Phi) is 6.14. The number of benzene rings is 2. The van der Waals surface area contributed by atoms with Crippen LogP contribution in [0.1, 0.15) is 18.1 Å². The third-order valence-electron chi connectivity index (χ3n) is 4.43. The molecule has 152 valence electrons. The van der Waals surface area contributed by atoms with Gasteiger partial charge in [0.25, 0.3) is 15.9 Å². The van der Waals surface area contributed by atoms with Crippen molar-refractivity contribution in [3.63, 3.8) is 0 Å². The zero-order chi connectivity index (χ0) is 21.2. The quantitative estimate of drug-likeness (QED) is 0.677. The van der Waals surface area contributed by atoms with Crippen LogP contribution in [0.3, 0.4) is 0 Å². The summed E-state index contributed by atoms with van der Waals surface area (Å²) in [5.74, 6) is -0.243. The van der Waals surface area contributed by atoms with Gasteiger partial charge in [0, 0.05) is 26.3 Å². The van der Waals surface area contributed by atoms with Crippen LogP contribution in [0.4, 0.5) is 5.69 Å². The van der Waals surface area contributed by atoms with Crippen LogP contribution in [0, 0.1) is 6.92 Å². The summed E-state index contributed by atoms with van der Waals surface area (Å²) in [5.41, 5.74) is 2.88. The van der Waals surface area contributed by atoms with E-state index < -0.39 is 10.0 Å². The standard InChI is InChI=1S/C21H23N3O3S2/c1-5-24-20(25)19(14-16-8-10-17(11-9-16)23(3)4)28-21(24)22-29(26,27)18-12-6-15(2)7-13-18/h6-14H,5H2,1-4H3/b19-14-,22-21+. The first-order valence-electron chi connectivity index (χ1n) is 9.11. The molecule has 0 aliphatic carbocycles. The monoisotopic (exact) mass is 429 g/mol. The molecule has 0 N–H and O–H groups in total. The van der Waals surface area contributed by atoms with Crippen molar-refractivity contribution >= 4 is 44.6 Å². The van der Waals surface area contributed by atoms with E-state index >= 15 is 0 Å². The van der Waals surface area contributed by atoms with E-state index in [1.807, 2.05) is 50.2 Å². The fraction of sp³-hybridized carbons (Fsp3) is 0.238. The maximum Gasteiger partial charge on any atom is 0.284 e. The van der Waals surface area contributed by atoms with Gasteiger partial charge in [-0.05, 0) is 61.5 Å². The van der Waals surface area contributed by atoms with Gasteiger partial charge in [-0.2, -0.15) is 8.42 Å². The first-order valence-corrected chi connectivity index (χ1v) is 11.4. The Hall–Kier alpha value is -2.58. The van der Waals surface area contributed by atoms with Crippen molar-refractivity contribution in [3.8, 4) is 0 Å². The summed E-state index contributed by atoms with van der Waals surface area (Å²) in [6.07, 6.45) is 1.76. The van der Waals surface area contributed by atoms with E-state index in [1.54, 1.807) is 25.1 Å². The molecule has 0 atom stereocenters. The molecule has 29 heavy (non-hydrogen) atoms. The van der Waals surface area contributed by atoms with E-state index in [4.69, 9.17) is 0 Å². The predicted octanol–water partition coefficient (Wildman–Crippen LogP) is 3.74. The molecule has 1 aliphatic rings. The number of amidine groups is 1. The van der Waals surface area contributed by atoms with Gasteiger partial charge in [-0.3, -0.25) is 9.69 Å². The van der Waals surface area contributed by atoms with E-state index in [0.717, 1.165) is 28.6 Å². The molecule has 2 aromatic rings. The molecular formula is C21H23N3O3S2. The molecule has 3 rings (SSSR count). The van der Waals surface area contributed by atoms with Crippen LogP contribution in [-0.2, 0) is 14.8 Å². The van der Waals surface area contributed by atoms with Crippen molar-refractivity contribution in [1.29, 1.82) is 0 Å². The third kappa shape index (κ3) is 4.71. The van der Waals surface area contributed by atoms with Crippen molar-refractivity contribution < 1.29 is 13.2 Å². The maximum atomic E-state index is 12.7. The minimum Gasteiger partial charge on any atom is -0.378 e. The third-order valence-corrected chi connectivity index (χ3v) is 6.83. The minimum absolute atomic E-state index is 0.108. The van der Waals surface area contributed by atoms with Gasteiger partial charge < -0.3 is 4.90 Å². The molecule has 0 unspecified atom stereocenters. The van der Waals surface area contributed by atoms with Crippen molar-refractivity contribution in [3.05, 3.63) is 64.6 Å². The lowest BCUT2D eigenvalue weighted by atomic mass is 10.2. The first-order chi connectivity index (χ1) is 13.7. The SMILES string of the molecule is CCN1C(=O)/C(=C/c2ccc(N(C)C)cc2)S/C1=N/S(=O)(=O)c1ccc(C)cc1. The van der Waals surface area contributed by atoms with Crippen LogP contribution in [-0.4, -0.2) is 45.0 Å². The second kappa shape index (κ2) is 8.42. The van der Waals surface area contributed by atoms with Gasteiger partial charge >= 0.3 is 0 Å². The summed E-state index contributed by atoms with van der Waals surface area (Å²) in [6, 6.07) is 14.3. The average Bonchev–Trinajstić information content (AvgIpc) is 2.96. The molecule has 2 aromatic carbocycles. The van der Waals surface area contributed by atoms with E-state index in [1.165, 1.54) is 17.0 Å².